The molecule has 15 heavy (non-hydrogen) atoms. The Morgan fingerprint density at radius 1 is 1.33 bits per heavy atom. The second kappa shape index (κ2) is 6.99. The van der Waals surface area contributed by atoms with E-state index < -0.39 is 0 Å². The van der Waals surface area contributed by atoms with Crippen molar-refractivity contribution in [2.24, 2.45) is 0 Å². The molecule has 84 valence electrons. The van der Waals surface area contributed by atoms with Crippen LogP contribution in [0.1, 0.15) is 12.5 Å². The zero-order valence-electron chi connectivity index (χ0n) is 9.46. The zero-order chi connectivity index (χ0) is 11.1. The van der Waals surface area contributed by atoms with Crippen molar-refractivity contribution in [3.05, 3.63) is 34.3 Å². The third-order valence-corrected chi connectivity index (χ3v) is 3.09. The lowest BCUT2D eigenvalue weighted by Gasteiger charge is -2.17. The summed E-state index contributed by atoms with van der Waals surface area (Å²) in [6.07, 6.45) is 0. The van der Waals surface area contributed by atoms with Crippen molar-refractivity contribution in [1.29, 1.82) is 0 Å². The van der Waals surface area contributed by atoms with Gasteiger partial charge in [-0.1, -0.05) is 41.1 Å². The summed E-state index contributed by atoms with van der Waals surface area (Å²) in [5.74, 6) is 0. The Balaban J connectivity index is 2.37. The lowest BCUT2D eigenvalue weighted by molar-refractivity contribution is 0.325. The largest absolute Gasteiger partial charge is 0.316 e. The molecule has 1 aromatic rings. The monoisotopic (exact) mass is 270 g/mol. The summed E-state index contributed by atoms with van der Waals surface area (Å²) in [6.45, 7) is 6.30. The molecule has 0 aromatic heterocycles. The molecule has 0 aliphatic heterocycles. The molecule has 1 rings (SSSR count). The van der Waals surface area contributed by atoms with Crippen molar-refractivity contribution in [3.8, 4) is 0 Å². The first-order valence-corrected chi connectivity index (χ1v) is 6.16. The number of hydrogen-bond acceptors (Lipinski definition) is 2. The van der Waals surface area contributed by atoms with Crippen molar-refractivity contribution >= 4 is 15.9 Å². The van der Waals surface area contributed by atoms with E-state index in [1.165, 1.54) is 10.0 Å². The molecule has 0 fully saturated rings. The van der Waals surface area contributed by atoms with E-state index in [9.17, 15) is 0 Å². The molecule has 0 saturated heterocycles. The topological polar surface area (TPSA) is 15.3 Å². The zero-order valence-corrected chi connectivity index (χ0v) is 11.0. The molecule has 0 saturated carbocycles. The molecule has 0 radical (unpaired) electrons. The number of halogens is 1. The van der Waals surface area contributed by atoms with Crippen LogP contribution in [0.4, 0.5) is 0 Å². The Hall–Kier alpha value is -0.380. The van der Waals surface area contributed by atoms with Gasteiger partial charge in [-0.05, 0) is 25.2 Å². The minimum absolute atomic E-state index is 0.993. The Labute approximate surface area is 101 Å². The van der Waals surface area contributed by atoms with Gasteiger partial charge in [0.15, 0.2) is 0 Å². The van der Waals surface area contributed by atoms with Crippen LogP contribution < -0.4 is 5.32 Å². The van der Waals surface area contributed by atoms with Gasteiger partial charge in [0.25, 0.3) is 0 Å². The van der Waals surface area contributed by atoms with Gasteiger partial charge in [-0.2, -0.15) is 0 Å². The summed E-state index contributed by atoms with van der Waals surface area (Å²) in [7, 11) is 2.15. The maximum absolute atomic E-state index is 3.56. The predicted molar refractivity (Wildman–Crippen MR) is 69.0 cm³/mol. The molecule has 1 N–H and O–H groups in total. The van der Waals surface area contributed by atoms with Gasteiger partial charge in [-0.15, -0.1) is 0 Å². The predicted octanol–water partition coefficient (Wildman–Crippen LogP) is 2.49. The van der Waals surface area contributed by atoms with Gasteiger partial charge < -0.3 is 10.2 Å². The molecule has 0 spiro atoms. The van der Waals surface area contributed by atoms with Gasteiger partial charge in [-0.3, -0.25) is 0 Å². The Bertz CT molecular complexity index is 289. The summed E-state index contributed by atoms with van der Waals surface area (Å²) < 4.78 is 1.19. The van der Waals surface area contributed by atoms with Gasteiger partial charge in [-0.25, -0.2) is 0 Å². The quantitative estimate of drug-likeness (QED) is 0.800. The summed E-state index contributed by atoms with van der Waals surface area (Å²) >= 11 is 3.56. The lowest BCUT2D eigenvalue weighted by Crippen LogP contribution is -2.28. The van der Waals surface area contributed by atoms with Crippen LogP contribution in [-0.4, -0.2) is 31.6 Å². The van der Waals surface area contributed by atoms with Crippen LogP contribution in [0.2, 0.25) is 0 Å². The Morgan fingerprint density at radius 3 is 2.73 bits per heavy atom. The van der Waals surface area contributed by atoms with E-state index in [4.69, 9.17) is 0 Å². The van der Waals surface area contributed by atoms with Crippen LogP contribution in [-0.2, 0) is 6.54 Å². The third-order valence-electron chi connectivity index (χ3n) is 2.32. The first-order chi connectivity index (χ1) is 7.24. The Morgan fingerprint density at radius 2 is 2.07 bits per heavy atom. The molecular weight excluding hydrogens is 252 g/mol. The van der Waals surface area contributed by atoms with Crippen molar-refractivity contribution < 1.29 is 0 Å². The fraction of sp³-hybridized carbons (Fsp3) is 0.500. The van der Waals surface area contributed by atoms with Crippen molar-refractivity contribution in [3.63, 3.8) is 0 Å². The van der Waals surface area contributed by atoms with Gasteiger partial charge in [0.1, 0.15) is 0 Å². The van der Waals surface area contributed by atoms with Crippen molar-refractivity contribution in [2.75, 3.05) is 26.7 Å². The molecule has 0 atom stereocenters. The summed E-state index contributed by atoms with van der Waals surface area (Å²) in [4.78, 5) is 2.32. The number of nitrogens with zero attached hydrogens (tertiary/aromatic N) is 1. The third kappa shape index (κ3) is 4.78. The second-order valence-electron chi connectivity index (χ2n) is 3.68. The first kappa shape index (κ1) is 12.7. The summed E-state index contributed by atoms with van der Waals surface area (Å²) in [5.41, 5.74) is 1.34. The van der Waals surface area contributed by atoms with E-state index >= 15 is 0 Å². The molecule has 3 heteroatoms. The van der Waals surface area contributed by atoms with E-state index in [2.05, 4.69) is 58.3 Å². The maximum atomic E-state index is 3.56. The first-order valence-electron chi connectivity index (χ1n) is 5.36. The minimum Gasteiger partial charge on any atom is -0.316 e. The molecule has 0 heterocycles. The molecule has 0 amide bonds. The SMILES string of the molecule is CCNCCN(C)Cc1ccccc1Br. The molecule has 0 aliphatic carbocycles. The highest BCUT2D eigenvalue weighted by Gasteiger charge is 2.02. The van der Waals surface area contributed by atoms with Crippen LogP contribution in [0.25, 0.3) is 0 Å². The van der Waals surface area contributed by atoms with E-state index in [1.807, 2.05) is 6.07 Å². The van der Waals surface area contributed by atoms with Crippen LogP contribution in [0.15, 0.2) is 28.7 Å². The number of nitrogens with one attached hydrogen (secondary N) is 1. The summed E-state index contributed by atoms with van der Waals surface area (Å²) in [5, 5.41) is 3.33. The smallest absolute Gasteiger partial charge is 0.0242 e. The number of rotatable bonds is 6. The van der Waals surface area contributed by atoms with Crippen LogP contribution >= 0.6 is 15.9 Å². The van der Waals surface area contributed by atoms with Crippen molar-refractivity contribution in [1.82, 2.24) is 10.2 Å². The lowest BCUT2D eigenvalue weighted by atomic mass is 10.2. The standard InChI is InChI=1S/C12H19BrN2/c1-3-14-8-9-15(2)10-11-6-4-5-7-12(11)13/h4-7,14H,3,8-10H2,1-2H3. The molecule has 2 nitrogen and oxygen atoms in total. The van der Waals surface area contributed by atoms with Crippen molar-refractivity contribution in [2.45, 2.75) is 13.5 Å². The molecule has 0 bridgehead atoms. The average Bonchev–Trinajstić information content (AvgIpc) is 2.22. The normalized spacial score (nSPS) is 10.9. The average molecular weight is 271 g/mol. The fourth-order valence-corrected chi connectivity index (χ4v) is 1.85. The second-order valence-corrected chi connectivity index (χ2v) is 4.54. The highest BCUT2D eigenvalue weighted by molar-refractivity contribution is 9.10. The summed E-state index contributed by atoms with van der Waals surface area (Å²) in [6, 6.07) is 8.38. The van der Waals surface area contributed by atoms with E-state index in [1.54, 1.807) is 0 Å². The van der Waals surface area contributed by atoms with Crippen LogP contribution in [0, 0.1) is 0 Å². The van der Waals surface area contributed by atoms with Gasteiger partial charge in [0.2, 0.25) is 0 Å². The molecule has 1 aromatic carbocycles. The fourth-order valence-electron chi connectivity index (χ4n) is 1.44. The molecule has 0 aliphatic rings. The van der Waals surface area contributed by atoms with Crippen LogP contribution in [0.3, 0.4) is 0 Å². The number of likely N-dealkylation sites (N-methyl/N-ethyl adjacent to an activating group) is 2. The number of benzene rings is 1. The molecule has 0 unspecified atom stereocenters. The van der Waals surface area contributed by atoms with E-state index in [0.717, 1.165) is 26.2 Å². The van der Waals surface area contributed by atoms with Gasteiger partial charge >= 0.3 is 0 Å². The Kier molecular flexibility index (Phi) is 5.91. The van der Waals surface area contributed by atoms with E-state index in [0.29, 0.717) is 0 Å². The van der Waals surface area contributed by atoms with Crippen LogP contribution in [0.5, 0.6) is 0 Å². The van der Waals surface area contributed by atoms with Gasteiger partial charge in [0.05, 0.1) is 0 Å². The maximum Gasteiger partial charge on any atom is 0.0242 e. The highest BCUT2D eigenvalue weighted by Crippen LogP contribution is 2.16. The molecular formula is C12H19BrN2. The number of hydrogen-bond donors (Lipinski definition) is 1. The minimum atomic E-state index is 0.993. The van der Waals surface area contributed by atoms with Gasteiger partial charge in [0, 0.05) is 24.1 Å². The highest BCUT2D eigenvalue weighted by atomic mass is 79.9. The van der Waals surface area contributed by atoms with E-state index in [-0.39, 0.29) is 0 Å².